The molecule has 1 unspecified atom stereocenters. The third kappa shape index (κ3) is 4.22. The maximum atomic E-state index is 13.4. The van der Waals surface area contributed by atoms with Crippen LogP contribution in [0.25, 0.3) is 15.9 Å². The second-order valence-electron chi connectivity index (χ2n) is 7.90. The van der Waals surface area contributed by atoms with Crippen molar-refractivity contribution in [3.63, 3.8) is 0 Å². The Morgan fingerprint density at radius 3 is 2.68 bits per heavy atom. The highest BCUT2D eigenvalue weighted by atomic mass is 35.5. The Kier molecular flexibility index (Phi) is 5.86. The number of amides is 1. The number of benzene rings is 1. The predicted octanol–water partition coefficient (Wildman–Crippen LogP) is 4.62. The molecule has 0 radical (unpaired) electrons. The molecule has 1 N–H and O–H groups in total. The fourth-order valence-corrected chi connectivity index (χ4v) is 5.54. The van der Waals surface area contributed by atoms with E-state index in [9.17, 15) is 14.9 Å². The van der Waals surface area contributed by atoms with Crippen LogP contribution < -0.4 is 10.9 Å². The average Bonchev–Trinajstić information content (AvgIpc) is 3.55. The number of thiophene rings is 1. The second-order valence-corrected chi connectivity index (χ2v) is 10.5. The lowest BCUT2D eigenvalue weighted by molar-refractivity contribution is -0.119. The molecule has 6 nitrogen and oxygen atoms in total. The van der Waals surface area contributed by atoms with Gasteiger partial charge in [0.1, 0.15) is 10.4 Å². The van der Waals surface area contributed by atoms with E-state index >= 15 is 0 Å². The first-order valence-electron chi connectivity index (χ1n) is 9.87. The number of aromatic nitrogens is 2. The van der Waals surface area contributed by atoms with Crippen LogP contribution in [0.4, 0.5) is 0 Å². The van der Waals surface area contributed by atoms with Crippen LogP contribution in [0.5, 0.6) is 0 Å². The van der Waals surface area contributed by atoms with Crippen LogP contribution >= 0.6 is 34.7 Å². The zero-order valence-corrected chi connectivity index (χ0v) is 19.7. The van der Waals surface area contributed by atoms with Crippen molar-refractivity contribution in [3.8, 4) is 11.8 Å². The molecule has 1 aromatic carbocycles. The molecular weight excluding hydrogens is 452 g/mol. The van der Waals surface area contributed by atoms with E-state index in [-0.39, 0.29) is 23.1 Å². The van der Waals surface area contributed by atoms with Crippen molar-refractivity contribution in [2.75, 3.05) is 5.75 Å². The summed E-state index contributed by atoms with van der Waals surface area (Å²) in [5, 5.41) is 13.9. The molecule has 0 saturated heterocycles. The van der Waals surface area contributed by atoms with E-state index in [1.54, 1.807) is 31.2 Å². The van der Waals surface area contributed by atoms with Crippen LogP contribution in [-0.4, -0.2) is 26.8 Å². The van der Waals surface area contributed by atoms with E-state index in [4.69, 9.17) is 16.6 Å². The van der Waals surface area contributed by atoms with Gasteiger partial charge in [0.25, 0.3) is 5.56 Å². The Morgan fingerprint density at radius 2 is 2.06 bits per heavy atom. The molecule has 4 rings (SSSR count). The van der Waals surface area contributed by atoms with Crippen molar-refractivity contribution in [2.45, 2.75) is 44.3 Å². The first-order valence-corrected chi connectivity index (χ1v) is 12.1. The topological polar surface area (TPSA) is 87.8 Å². The number of nitrogens with zero attached hydrogens (tertiary/aromatic N) is 3. The van der Waals surface area contributed by atoms with E-state index in [2.05, 4.69) is 11.4 Å². The lowest BCUT2D eigenvalue weighted by Crippen LogP contribution is -2.47. The summed E-state index contributed by atoms with van der Waals surface area (Å²) >= 11 is 8.68. The minimum atomic E-state index is -0.854. The molecule has 0 bridgehead atoms. The minimum Gasteiger partial charge on any atom is -0.337 e. The van der Waals surface area contributed by atoms with Gasteiger partial charge in [-0.2, -0.15) is 5.26 Å². The van der Waals surface area contributed by atoms with Crippen molar-refractivity contribution < 1.29 is 4.79 Å². The highest BCUT2D eigenvalue weighted by molar-refractivity contribution is 7.99. The van der Waals surface area contributed by atoms with Crippen LogP contribution in [0.15, 0.2) is 34.2 Å². The van der Waals surface area contributed by atoms with Gasteiger partial charge in [-0.25, -0.2) is 4.98 Å². The lowest BCUT2D eigenvalue weighted by atomic mass is 9.98. The molecule has 1 atom stereocenters. The minimum absolute atomic E-state index is 0.0544. The van der Waals surface area contributed by atoms with E-state index < -0.39 is 5.54 Å². The SMILES string of the molecule is Cc1sc2nc(SCC(=O)NC(C)(C#N)C3CC3)n(-c3ccc(Cl)cc3)c(=O)c2c1C. The van der Waals surface area contributed by atoms with Crippen LogP contribution in [0.3, 0.4) is 0 Å². The summed E-state index contributed by atoms with van der Waals surface area (Å²) in [6, 6.07) is 9.18. The van der Waals surface area contributed by atoms with Crippen LogP contribution in [0.2, 0.25) is 5.02 Å². The number of fused-ring (bicyclic) bond motifs is 1. The molecule has 0 spiro atoms. The molecule has 160 valence electrons. The predicted molar refractivity (Wildman–Crippen MR) is 125 cm³/mol. The molecule has 1 fully saturated rings. The van der Waals surface area contributed by atoms with Gasteiger partial charge in [0.2, 0.25) is 5.91 Å². The van der Waals surface area contributed by atoms with Gasteiger partial charge in [-0.05, 0) is 69.4 Å². The highest BCUT2D eigenvalue weighted by Gasteiger charge is 2.43. The van der Waals surface area contributed by atoms with Crippen LogP contribution in [0.1, 0.15) is 30.2 Å². The molecule has 1 aliphatic rings. The van der Waals surface area contributed by atoms with Gasteiger partial charge >= 0.3 is 0 Å². The van der Waals surface area contributed by atoms with Crippen molar-refractivity contribution >= 4 is 50.8 Å². The number of rotatable bonds is 6. The Bertz CT molecular complexity index is 1270. The zero-order valence-electron chi connectivity index (χ0n) is 17.4. The highest BCUT2D eigenvalue weighted by Crippen LogP contribution is 2.39. The molecule has 3 aromatic rings. The molecule has 1 aliphatic carbocycles. The fraction of sp³-hybridized carbons (Fsp3) is 0.364. The number of thioether (sulfide) groups is 1. The Labute approximate surface area is 193 Å². The third-order valence-corrected chi connectivity index (χ3v) is 7.91. The summed E-state index contributed by atoms with van der Waals surface area (Å²) in [5.74, 6) is 0.000481. The third-order valence-electron chi connectivity index (χ3n) is 5.61. The number of carbonyl (C=O) groups is 1. The average molecular weight is 473 g/mol. The standard InChI is InChI=1S/C22H21ClN4O2S2/c1-12-13(2)31-19-18(12)20(29)27(16-8-6-15(23)7-9-16)21(25-19)30-10-17(28)26-22(3,11-24)14-4-5-14/h6-9,14H,4-5,10H2,1-3H3,(H,26,28). The summed E-state index contributed by atoms with van der Waals surface area (Å²) in [4.78, 5) is 32.5. The summed E-state index contributed by atoms with van der Waals surface area (Å²) in [6.07, 6.45) is 1.89. The maximum Gasteiger partial charge on any atom is 0.267 e. The number of carbonyl (C=O) groups excluding carboxylic acids is 1. The molecule has 9 heteroatoms. The molecule has 31 heavy (non-hydrogen) atoms. The van der Waals surface area contributed by atoms with E-state index in [1.807, 2.05) is 13.8 Å². The molecule has 0 aliphatic heterocycles. The number of aryl methyl sites for hydroxylation is 2. The van der Waals surface area contributed by atoms with E-state index in [0.717, 1.165) is 23.3 Å². The van der Waals surface area contributed by atoms with Gasteiger partial charge in [-0.15, -0.1) is 11.3 Å². The number of nitriles is 1. The fourth-order valence-electron chi connectivity index (χ4n) is 3.53. The Hall–Kier alpha value is -2.34. The van der Waals surface area contributed by atoms with Crippen LogP contribution in [0, 0.1) is 31.1 Å². The summed E-state index contributed by atoms with van der Waals surface area (Å²) in [6.45, 7) is 5.65. The van der Waals surface area contributed by atoms with Crippen LogP contribution in [-0.2, 0) is 4.79 Å². The monoisotopic (exact) mass is 472 g/mol. The lowest BCUT2D eigenvalue weighted by Gasteiger charge is -2.22. The summed E-state index contributed by atoms with van der Waals surface area (Å²) in [7, 11) is 0. The van der Waals surface area contributed by atoms with Gasteiger partial charge < -0.3 is 5.32 Å². The Morgan fingerprint density at radius 1 is 1.39 bits per heavy atom. The van der Waals surface area contributed by atoms with Gasteiger partial charge in [0, 0.05) is 9.90 Å². The Balaban J connectivity index is 1.70. The number of halogens is 1. The zero-order chi connectivity index (χ0) is 22.3. The summed E-state index contributed by atoms with van der Waals surface area (Å²) in [5.41, 5.74) is 0.530. The van der Waals surface area contributed by atoms with Crippen molar-refractivity contribution in [2.24, 2.45) is 5.92 Å². The van der Waals surface area contributed by atoms with E-state index in [1.165, 1.54) is 27.7 Å². The van der Waals surface area contributed by atoms with Gasteiger partial charge in [-0.1, -0.05) is 23.4 Å². The second kappa shape index (κ2) is 8.30. The molecule has 2 aromatic heterocycles. The largest absolute Gasteiger partial charge is 0.337 e. The van der Waals surface area contributed by atoms with Gasteiger partial charge in [0.15, 0.2) is 5.16 Å². The first kappa shape index (κ1) is 21.9. The van der Waals surface area contributed by atoms with Crippen molar-refractivity contribution in [1.82, 2.24) is 14.9 Å². The number of hydrogen-bond acceptors (Lipinski definition) is 6. The molecular formula is C22H21ClN4O2S2. The van der Waals surface area contributed by atoms with E-state index in [0.29, 0.717) is 26.1 Å². The normalized spacial score (nSPS) is 15.5. The molecule has 1 amide bonds. The van der Waals surface area contributed by atoms with Gasteiger partial charge in [0.05, 0.1) is 22.9 Å². The van der Waals surface area contributed by atoms with Crippen molar-refractivity contribution in [3.05, 3.63) is 50.1 Å². The smallest absolute Gasteiger partial charge is 0.267 e. The molecule has 2 heterocycles. The summed E-state index contributed by atoms with van der Waals surface area (Å²) < 4.78 is 1.53. The first-order chi connectivity index (χ1) is 14.7. The number of nitrogens with one attached hydrogen (secondary N) is 1. The van der Waals surface area contributed by atoms with Gasteiger partial charge in [-0.3, -0.25) is 14.2 Å². The van der Waals surface area contributed by atoms with Crippen molar-refractivity contribution in [1.29, 1.82) is 5.26 Å². The molecule has 1 saturated carbocycles. The quantitative estimate of drug-likeness (QED) is 0.417. The number of hydrogen-bond donors (Lipinski definition) is 1. The maximum absolute atomic E-state index is 13.4.